The van der Waals surface area contributed by atoms with Crippen LogP contribution >= 0.6 is 0 Å². The smallest absolute Gasteiger partial charge is 0.325 e. The Balaban J connectivity index is 2.36. The van der Waals surface area contributed by atoms with Crippen LogP contribution in [0.25, 0.3) is 11.3 Å². The van der Waals surface area contributed by atoms with E-state index in [9.17, 15) is 14.4 Å². The molecule has 0 aliphatic rings. The van der Waals surface area contributed by atoms with Crippen molar-refractivity contribution in [2.24, 2.45) is 5.92 Å². The van der Waals surface area contributed by atoms with Gasteiger partial charge in [-0.15, -0.1) is 0 Å². The van der Waals surface area contributed by atoms with E-state index in [1.807, 2.05) is 45.9 Å². The molecule has 0 saturated carbocycles. The van der Waals surface area contributed by atoms with Crippen LogP contribution < -0.4 is 20.1 Å². The van der Waals surface area contributed by atoms with Gasteiger partial charge in [-0.3, -0.25) is 19.1 Å². The monoisotopic (exact) mass is 502 g/mol. The minimum absolute atomic E-state index is 0.00623. The van der Waals surface area contributed by atoms with Crippen molar-refractivity contribution in [3.63, 3.8) is 0 Å². The average Bonchev–Trinajstić information content (AvgIpc) is 3.30. The van der Waals surface area contributed by atoms with Crippen LogP contribution in [-0.4, -0.2) is 61.5 Å². The summed E-state index contributed by atoms with van der Waals surface area (Å²) in [6, 6.07) is 6.78. The van der Waals surface area contributed by atoms with Crippen LogP contribution in [0.5, 0.6) is 11.5 Å². The van der Waals surface area contributed by atoms with Gasteiger partial charge in [0.05, 0.1) is 32.6 Å². The molecule has 0 bridgehead atoms. The van der Waals surface area contributed by atoms with Gasteiger partial charge in [0.2, 0.25) is 5.91 Å². The number of carbonyl (C=O) groups excluding carboxylic acids is 3. The Bertz CT molecular complexity index is 1030. The maximum atomic E-state index is 13.3. The zero-order valence-electron chi connectivity index (χ0n) is 22.2. The van der Waals surface area contributed by atoms with Crippen molar-refractivity contribution >= 4 is 17.8 Å². The quantitative estimate of drug-likeness (QED) is 0.403. The van der Waals surface area contributed by atoms with Crippen LogP contribution in [0, 0.1) is 5.92 Å². The number of amides is 2. The predicted molar refractivity (Wildman–Crippen MR) is 136 cm³/mol. The topological polar surface area (TPSA) is 121 Å². The van der Waals surface area contributed by atoms with Crippen LogP contribution in [0.4, 0.5) is 0 Å². The summed E-state index contributed by atoms with van der Waals surface area (Å²) in [5.74, 6) is 0.156. The molecule has 1 unspecified atom stereocenters. The molecule has 36 heavy (non-hydrogen) atoms. The normalized spacial score (nSPS) is 12.6. The molecule has 0 saturated heterocycles. The van der Waals surface area contributed by atoms with Gasteiger partial charge in [-0.05, 0) is 43.9 Å². The van der Waals surface area contributed by atoms with Gasteiger partial charge in [0, 0.05) is 18.5 Å². The molecule has 1 heterocycles. The lowest BCUT2D eigenvalue weighted by Gasteiger charge is -2.20. The molecule has 198 valence electrons. The summed E-state index contributed by atoms with van der Waals surface area (Å²) in [6.45, 7) is 7.86. The highest BCUT2D eigenvalue weighted by molar-refractivity contribution is 5.94. The Hall–Kier alpha value is -3.56. The second-order valence-electron chi connectivity index (χ2n) is 9.01. The highest BCUT2D eigenvalue weighted by Gasteiger charge is 2.25. The lowest BCUT2D eigenvalue weighted by Crippen LogP contribution is -2.41. The van der Waals surface area contributed by atoms with Gasteiger partial charge >= 0.3 is 5.97 Å². The number of methoxy groups -OCH3 is 3. The summed E-state index contributed by atoms with van der Waals surface area (Å²) in [4.78, 5) is 37.0. The van der Waals surface area contributed by atoms with E-state index in [-0.39, 0.29) is 36.5 Å². The summed E-state index contributed by atoms with van der Waals surface area (Å²) < 4.78 is 17.5. The molecule has 1 aromatic heterocycles. The second-order valence-corrected chi connectivity index (χ2v) is 9.01. The zero-order chi connectivity index (χ0) is 26.8. The van der Waals surface area contributed by atoms with Crippen LogP contribution in [0.2, 0.25) is 0 Å². The number of hydrogen-bond donors (Lipinski definition) is 2. The van der Waals surface area contributed by atoms with Gasteiger partial charge in [0.25, 0.3) is 5.91 Å². The fourth-order valence-electron chi connectivity index (χ4n) is 3.87. The molecule has 0 aliphatic heterocycles. The van der Waals surface area contributed by atoms with E-state index in [2.05, 4.69) is 20.5 Å². The Morgan fingerprint density at radius 2 is 1.69 bits per heavy atom. The van der Waals surface area contributed by atoms with Gasteiger partial charge < -0.3 is 24.8 Å². The molecule has 2 N–H and O–H groups in total. The van der Waals surface area contributed by atoms with E-state index in [0.29, 0.717) is 29.2 Å². The maximum absolute atomic E-state index is 13.3. The molecule has 1 aromatic carbocycles. The Morgan fingerprint density at radius 3 is 2.22 bits per heavy atom. The number of aromatic nitrogens is 2. The first kappa shape index (κ1) is 28.7. The highest BCUT2D eigenvalue weighted by atomic mass is 16.5. The lowest BCUT2D eigenvalue weighted by molar-refractivity contribution is -0.141. The van der Waals surface area contributed by atoms with E-state index >= 15 is 0 Å². The molecule has 10 nitrogen and oxygen atoms in total. The van der Waals surface area contributed by atoms with E-state index < -0.39 is 17.9 Å². The largest absolute Gasteiger partial charge is 0.496 e. The highest BCUT2D eigenvalue weighted by Crippen LogP contribution is 2.39. The predicted octanol–water partition coefficient (Wildman–Crippen LogP) is 3.36. The van der Waals surface area contributed by atoms with E-state index in [4.69, 9.17) is 9.47 Å². The van der Waals surface area contributed by atoms with Crippen LogP contribution in [0.15, 0.2) is 24.3 Å². The Labute approximate surface area is 212 Å². The molecule has 0 aliphatic carbocycles. The maximum Gasteiger partial charge on any atom is 0.325 e. The van der Waals surface area contributed by atoms with E-state index in [1.54, 1.807) is 25.0 Å². The first-order chi connectivity index (χ1) is 17.1. The number of nitrogens with zero attached hydrogens (tertiary/aromatic N) is 2. The number of benzene rings is 1. The van der Waals surface area contributed by atoms with Crippen molar-refractivity contribution in [3.05, 3.63) is 30.0 Å². The number of nitrogens with one attached hydrogen (secondary N) is 2. The van der Waals surface area contributed by atoms with Crippen LogP contribution in [0.3, 0.4) is 0 Å². The number of hydrogen-bond acceptors (Lipinski definition) is 7. The van der Waals surface area contributed by atoms with Gasteiger partial charge in [-0.2, -0.15) is 5.10 Å². The lowest BCUT2D eigenvalue weighted by atomic mass is 10.0. The van der Waals surface area contributed by atoms with Crippen molar-refractivity contribution in [1.29, 1.82) is 0 Å². The zero-order valence-corrected chi connectivity index (χ0v) is 22.2. The fourth-order valence-corrected chi connectivity index (χ4v) is 3.87. The van der Waals surface area contributed by atoms with Gasteiger partial charge in [-0.1, -0.05) is 26.8 Å². The Morgan fingerprint density at radius 1 is 1.06 bits per heavy atom. The molecular weight excluding hydrogens is 464 g/mol. The molecule has 2 atom stereocenters. The molecule has 2 rings (SSSR count). The van der Waals surface area contributed by atoms with Crippen molar-refractivity contribution < 1.29 is 28.6 Å². The standard InChI is InChI=1S/C26H38N4O6/c1-8-17(4)30-20(25-21(34-5)10-9-11-22(25)35-6)14-19(29-30)26(33)28-18(12-16(2)3)13-23(31)27-15-24(32)36-7/h9-11,14,16-18H,8,12-13,15H2,1-7H3,(H,27,31)(H,28,33)/t17?,18-/m0/s1. The van der Waals surface area contributed by atoms with E-state index in [1.165, 1.54) is 7.11 Å². The van der Waals surface area contributed by atoms with Crippen molar-refractivity contribution in [2.75, 3.05) is 27.9 Å². The van der Waals surface area contributed by atoms with Gasteiger partial charge in [-0.25, -0.2) is 0 Å². The van der Waals surface area contributed by atoms with Crippen LogP contribution in [0.1, 0.15) is 63.5 Å². The summed E-state index contributed by atoms with van der Waals surface area (Å²) in [5.41, 5.74) is 1.62. The molecular formula is C26H38N4O6. The average molecular weight is 503 g/mol. The second kappa shape index (κ2) is 13.5. The summed E-state index contributed by atoms with van der Waals surface area (Å²) in [7, 11) is 4.42. The van der Waals surface area contributed by atoms with Crippen molar-refractivity contribution in [1.82, 2.24) is 20.4 Å². The first-order valence-electron chi connectivity index (χ1n) is 12.1. The molecule has 0 spiro atoms. The van der Waals surface area contributed by atoms with Crippen molar-refractivity contribution in [3.8, 4) is 22.8 Å². The molecule has 0 fully saturated rings. The van der Waals surface area contributed by atoms with Gasteiger partial charge in [0.1, 0.15) is 18.0 Å². The fraction of sp³-hybridized carbons (Fsp3) is 0.538. The van der Waals surface area contributed by atoms with E-state index in [0.717, 1.165) is 6.42 Å². The summed E-state index contributed by atoms with van der Waals surface area (Å²) in [5, 5.41) is 10.1. The van der Waals surface area contributed by atoms with Crippen molar-refractivity contribution in [2.45, 2.75) is 59.0 Å². The molecule has 2 aromatic rings. The first-order valence-corrected chi connectivity index (χ1v) is 12.1. The number of rotatable bonds is 13. The third kappa shape index (κ3) is 7.47. The summed E-state index contributed by atoms with van der Waals surface area (Å²) in [6.07, 6.45) is 1.40. The number of carbonyl (C=O) groups is 3. The summed E-state index contributed by atoms with van der Waals surface area (Å²) >= 11 is 0. The number of esters is 1. The third-order valence-electron chi connectivity index (χ3n) is 5.84. The third-order valence-corrected chi connectivity index (χ3v) is 5.84. The van der Waals surface area contributed by atoms with Gasteiger partial charge in [0.15, 0.2) is 5.69 Å². The van der Waals surface area contributed by atoms with Crippen LogP contribution in [-0.2, 0) is 14.3 Å². The molecule has 0 radical (unpaired) electrons. The SMILES string of the molecule is CCC(C)n1nc(C(=O)N[C@H](CC(=O)NCC(=O)OC)CC(C)C)cc1-c1c(OC)cccc1OC. The molecule has 10 heteroatoms. The minimum Gasteiger partial charge on any atom is -0.496 e. The Kier molecular flexibility index (Phi) is 10.8. The molecule has 2 amide bonds. The number of ether oxygens (including phenoxy) is 3. The minimum atomic E-state index is -0.539.